The second-order valence-electron chi connectivity index (χ2n) is 7.66. The number of ether oxygens (including phenoxy) is 3. The molecule has 2 fully saturated rings. The summed E-state index contributed by atoms with van der Waals surface area (Å²) in [5.74, 6) is 0. The second-order valence-corrected chi connectivity index (χ2v) is 7.66. The third kappa shape index (κ3) is 3.89. The minimum absolute atomic E-state index is 0.0740. The highest BCUT2D eigenvalue weighted by molar-refractivity contribution is 6.00. The van der Waals surface area contributed by atoms with Crippen LogP contribution in [0.4, 0.5) is 10.5 Å². The highest BCUT2D eigenvalue weighted by Crippen LogP contribution is 2.30. The molecule has 154 valence electrons. The van der Waals surface area contributed by atoms with Gasteiger partial charge in [0.2, 0.25) is 0 Å². The van der Waals surface area contributed by atoms with Crippen LogP contribution in [-0.2, 0) is 20.8 Å². The van der Waals surface area contributed by atoms with Gasteiger partial charge in [-0.15, -0.1) is 0 Å². The fourth-order valence-electron chi connectivity index (χ4n) is 4.20. The molecule has 1 amide bonds. The van der Waals surface area contributed by atoms with Crippen LogP contribution in [0.15, 0.2) is 72.8 Å². The molecule has 0 bridgehead atoms. The number of hydrogen-bond acceptors (Lipinski definition) is 5. The fraction of sp³-hybridized carbons (Fsp3) is 0.292. The van der Waals surface area contributed by atoms with E-state index in [9.17, 15) is 4.79 Å². The number of benzene rings is 3. The summed E-state index contributed by atoms with van der Waals surface area (Å²) in [5.41, 5.74) is 1.93. The van der Waals surface area contributed by atoms with Crippen molar-refractivity contribution in [2.75, 3.05) is 18.5 Å². The van der Waals surface area contributed by atoms with Gasteiger partial charge in [-0.05, 0) is 17.0 Å². The second kappa shape index (κ2) is 8.44. The molecule has 4 unspecified atom stereocenters. The molecular formula is C24H24N2O4. The summed E-state index contributed by atoms with van der Waals surface area (Å²) in [6.45, 7) is 1.61. The number of anilines is 1. The predicted octanol–water partition coefficient (Wildman–Crippen LogP) is 3.71. The Morgan fingerprint density at radius 1 is 0.900 bits per heavy atom. The molecule has 6 nitrogen and oxygen atoms in total. The zero-order valence-electron chi connectivity index (χ0n) is 16.5. The Morgan fingerprint density at radius 3 is 2.57 bits per heavy atom. The van der Waals surface area contributed by atoms with E-state index in [1.54, 1.807) is 0 Å². The lowest BCUT2D eigenvalue weighted by atomic mass is 10.1. The lowest BCUT2D eigenvalue weighted by Gasteiger charge is -2.18. The summed E-state index contributed by atoms with van der Waals surface area (Å²) in [6, 6.07) is 24.0. The molecular weight excluding hydrogens is 380 g/mol. The van der Waals surface area contributed by atoms with Gasteiger partial charge in [0.1, 0.15) is 12.2 Å². The Labute approximate surface area is 175 Å². The third-order valence-electron chi connectivity index (χ3n) is 5.70. The molecule has 2 N–H and O–H groups in total. The summed E-state index contributed by atoms with van der Waals surface area (Å²) in [6.07, 6.45) is -1.29. The zero-order valence-corrected chi connectivity index (χ0v) is 16.5. The van der Waals surface area contributed by atoms with Gasteiger partial charge in [-0.3, -0.25) is 5.32 Å². The first-order valence-corrected chi connectivity index (χ1v) is 10.2. The molecule has 0 saturated carbocycles. The molecule has 2 aliphatic heterocycles. The van der Waals surface area contributed by atoms with Crippen LogP contribution < -0.4 is 10.6 Å². The molecule has 4 atom stereocenters. The topological polar surface area (TPSA) is 68.8 Å². The molecule has 3 aromatic carbocycles. The lowest BCUT2D eigenvalue weighted by Crippen LogP contribution is -2.41. The Bertz CT molecular complexity index is 1020. The van der Waals surface area contributed by atoms with Crippen LogP contribution in [0.5, 0.6) is 0 Å². The minimum Gasteiger partial charge on any atom is -0.441 e. The van der Waals surface area contributed by atoms with E-state index in [4.69, 9.17) is 14.2 Å². The van der Waals surface area contributed by atoms with Crippen LogP contribution in [0.3, 0.4) is 0 Å². The molecule has 6 heteroatoms. The molecule has 2 saturated heterocycles. The van der Waals surface area contributed by atoms with Gasteiger partial charge in [0.25, 0.3) is 0 Å². The summed E-state index contributed by atoms with van der Waals surface area (Å²) in [4.78, 5) is 12.5. The van der Waals surface area contributed by atoms with Crippen LogP contribution in [0.2, 0.25) is 0 Å². The molecule has 0 aliphatic carbocycles. The number of hydrogen-bond donors (Lipinski definition) is 2. The van der Waals surface area contributed by atoms with Crippen LogP contribution in [-0.4, -0.2) is 43.7 Å². The first-order chi connectivity index (χ1) is 14.8. The van der Waals surface area contributed by atoms with Gasteiger partial charge >= 0.3 is 6.09 Å². The Kier molecular flexibility index (Phi) is 5.36. The van der Waals surface area contributed by atoms with E-state index in [-0.39, 0.29) is 18.2 Å². The minimum atomic E-state index is -0.495. The van der Waals surface area contributed by atoms with Crippen LogP contribution >= 0.6 is 0 Å². The Balaban J connectivity index is 1.18. The number of amides is 1. The van der Waals surface area contributed by atoms with Gasteiger partial charge in [0, 0.05) is 11.9 Å². The Hall–Kier alpha value is -2.93. The van der Waals surface area contributed by atoms with Crippen molar-refractivity contribution in [2.24, 2.45) is 0 Å². The molecule has 0 radical (unpaired) electrons. The monoisotopic (exact) mass is 404 g/mol. The van der Waals surface area contributed by atoms with E-state index in [1.165, 1.54) is 5.56 Å². The number of rotatable bonds is 5. The van der Waals surface area contributed by atoms with Gasteiger partial charge in [-0.2, -0.15) is 0 Å². The SMILES string of the molecule is O=C(Nc1cccc2ccccc12)OC1COC2C(NCc3ccccc3)COC12. The van der Waals surface area contributed by atoms with Gasteiger partial charge in [-0.1, -0.05) is 66.7 Å². The van der Waals surface area contributed by atoms with Crippen molar-refractivity contribution < 1.29 is 19.0 Å². The third-order valence-corrected chi connectivity index (χ3v) is 5.70. The van der Waals surface area contributed by atoms with Crippen molar-refractivity contribution in [3.05, 3.63) is 78.4 Å². The van der Waals surface area contributed by atoms with Crippen molar-refractivity contribution in [3.63, 3.8) is 0 Å². The summed E-state index contributed by atoms with van der Waals surface area (Å²) in [7, 11) is 0. The van der Waals surface area contributed by atoms with Crippen molar-refractivity contribution in [1.29, 1.82) is 0 Å². The molecule has 0 aromatic heterocycles. The lowest BCUT2D eigenvalue weighted by molar-refractivity contribution is 0.00855. The quantitative estimate of drug-likeness (QED) is 0.679. The predicted molar refractivity (Wildman–Crippen MR) is 114 cm³/mol. The highest BCUT2D eigenvalue weighted by atomic mass is 16.6. The zero-order chi connectivity index (χ0) is 20.3. The van der Waals surface area contributed by atoms with Gasteiger partial charge < -0.3 is 19.5 Å². The summed E-state index contributed by atoms with van der Waals surface area (Å²) in [5, 5.41) is 8.39. The van der Waals surface area contributed by atoms with E-state index in [0.29, 0.717) is 13.2 Å². The maximum atomic E-state index is 12.5. The summed E-state index contributed by atoms with van der Waals surface area (Å²) < 4.78 is 17.5. The van der Waals surface area contributed by atoms with Crippen molar-refractivity contribution >= 4 is 22.6 Å². The average Bonchev–Trinajstić information content (AvgIpc) is 3.36. The van der Waals surface area contributed by atoms with Crippen LogP contribution in [0.1, 0.15) is 5.56 Å². The van der Waals surface area contributed by atoms with Crippen LogP contribution in [0.25, 0.3) is 10.8 Å². The highest BCUT2D eigenvalue weighted by Gasteiger charge is 2.49. The number of fused-ring (bicyclic) bond motifs is 2. The first-order valence-electron chi connectivity index (χ1n) is 10.2. The van der Waals surface area contributed by atoms with Crippen molar-refractivity contribution in [1.82, 2.24) is 5.32 Å². The first kappa shape index (κ1) is 19.1. The normalized spacial score (nSPS) is 25.2. The molecule has 3 aromatic rings. The molecule has 2 aliphatic rings. The standard InChI is InChI=1S/C24H24N2O4/c27-24(26-19-12-6-10-17-9-4-5-11-18(17)19)30-21-15-29-22-20(14-28-23(21)22)25-13-16-7-2-1-3-8-16/h1-12,20-23,25H,13-15H2,(H,26,27). The van der Waals surface area contributed by atoms with Crippen molar-refractivity contribution in [2.45, 2.75) is 30.9 Å². The summed E-state index contributed by atoms with van der Waals surface area (Å²) >= 11 is 0. The molecule has 0 spiro atoms. The molecule has 5 rings (SSSR count). The van der Waals surface area contributed by atoms with Crippen molar-refractivity contribution in [3.8, 4) is 0 Å². The fourth-order valence-corrected chi connectivity index (χ4v) is 4.20. The van der Waals surface area contributed by atoms with Crippen LogP contribution in [0, 0.1) is 0 Å². The number of carbonyl (C=O) groups is 1. The number of nitrogens with one attached hydrogen (secondary N) is 2. The Morgan fingerprint density at radius 2 is 1.67 bits per heavy atom. The van der Waals surface area contributed by atoms with E-state index in [1.807, 2.05) is 60.7 Å². The maximum Gasteiger partial charge on any atom is 0.412 e. The smallest absolute Gasteiger partial charge is 0.412 e. The molecule has 2 heterocycles. The van der Waals surface area contributed by atoms with Gasteiger partial charge in [0.05, 0.1) is 24.9 Å². The van der Waals surface area contributed by atoms with E-state index in [0.717, 1.165) is 23.0 Å². The molecule has 30 heavy (non-hydrogen) atoms. The van der Waals surface area contributed by atoms with Gasteiger partial charge in [-0.25, -0.2) is 4.79 Å². The largest absolute Gasteiger partial charge is 0.441 e. The van der Waals surface area contributed by atoms with E-state index < -0.39 is 12.2 Å². The van der Waals surface area contributed by atoms with E-state index in [2.05, 4.69) is 22.8 Å². The average molecular weight is 404 g/mol. The van der Waals surface area contributed by atoms with E-state index >= 15 is 0 Å². The number of carbonyl (C=O) groups excluding carboxylic acids is 1. The maximum absolute atomic E-state index is 12.5. The van der Waals surface area contributed by atoms with Gasteiger partial charge in [0.15, 0.2) is 6.10 Å².